The van der Waals surface area contributed by atoms with Crippen LogP contribution in [-0.2, 0) is 6.54 Å². The van der Waals surface area contributed by atoms with Gasteiger partial charge in [-0.25, -0.2) is 9.78 Å². The van der Waals surface area contributed by atoms with Crippen molar-refractivity contribution in [3.05, 3.63) is 29.6 Å². The van der Waals surface area contributed by atoms with Gasteiger partial charge in [0.1, 0.15) is 5.82 Å². The Morgan fingerprint density at radius 1 is 1.48 bits per heavy atom. The second-order valence-electron chi connectivity index (χ2n) is 6.08. The largest absolute Gasteiger partial charge is 0.478 e. The van der Waals surface area contributed by atoms with E-state index >= 15 is 0 Å². The van der Waals surface area contributed by atoms with Gasteiger partial charge in [-0.2, -0.15) is 11.8 Å². The molecule has 0 spiro atoms. The lowest BCUT2D eigenvalue weighted by atomic mass is 10.1. The summed E-state index contributed by atoms with van der Waals surface area (Å²) in [5, 5.41) is 9.48. The summed E-state index contributed by atoms with van der Waals surface area (Å²) >= 11 is 1.88. The zero-order valence-corrected chi connectivity index (χ0v) is 13.4. The van der Waals surface area contributed by atoms with Crippen LogP contribution < -0.4 is 0 Å². The van der Waals surface area contributed by atoms with Crippen LogP contribution in [0.5, 0.6) is 0 Å². The number of imidazole rings is 1. The normalized spacial score (nSPS) is 16.6. The van der Waals surface area contributed by atoms with E-state index in [1.807, 2.05) is 17.8 Å². The van der Waals surface area contributed by atoms with Crippen LogP contribution in [-0.4, -0.2) is 31.6 Å². The Balaban J connectivity index is 2.22. The molecule has 1 aromatic carbocycles. The lowest BCUT2D eigenvalue weighted by Gasteiger charge is -2.18. The molecule has 0 saturated heterocycles. The Morgan fingerprint density at radius 3 is 2.71 bits per heavy atom. The summed E-state index contributed by atoms with van der Waals surface area (Å²) in [5.41, 5.74) is 1.91. The van der Waals surface area contributed by atoms with Gasteiger partial charge in [0.05, 0.1) is 16.6 Å². The van der Waals surface area contributed by atoms with E-state index < -0.39 is 5.97 Å². The zero-order chi connectivity index (χ0) is 15.2. The third kappa shape index (κ3) is 2.44. The number of carboxylic acid groups (broad SMARTS) is 1. The van der Waals surface area contributed by atoms with Gasteiger partial charge in [-0.15, -0.1) is 0 Å². The molecule has 0 aliphatic heterocycles. The Kier molecular flexibility index (Phi) is 3.48. The first-order valence-electron chi connectivity index (χ1n) is 7.25. The fraction of sp³-hybridized carbons (Fsp3) is 0.500. The van der Waals surface area contributed by atoms with Gasteiger partial charge in [0.2, 0.25) is 0 Å². The van der Waals surface area contributed by atoms with Crippen molar-refractivity contribution < 1.29 is 9.90 Å². The van der Waals surface area contributed by atoms with E-state index in [9.17, 15) is 9.90 Å². The molecule has 1 aliphatic rings. The lowest BCUT2D eigenvalue weighted by Crippen LogP contribution is -2.17. The quantitative estimate of drug-likeness (QED) is 0.914. The number of para-hydroxylation sites is 1. The number of rotatable bonds is 5. The smallest absolute Gasteiger partial charge is 0.337 e. The number of thioether (sulfide) groups is 1. The van der Waals surface area contributed by atoms with Crippen molar-refractivity contribution >= 4 is 28.8 Å². The third-order valence-electron chi connectivity index (χ3n) is 4.23. The molecule has 4 nitrogen and oxygen atoms in total. The minimum Gasteiger partial charge on any atom is -0.478 e. The molecule has 1 fully saturated rings. The van der Waals surface area contributed by atoms with Crippen molar-refractivity contribution in [1.29, 1.82) is 0 Å². The predicted octanol–water partition coefficient (Wildman–Crippen LogP) is 3.75. The molecule has 1 heterocycles. The van der Waals surface area contributed by atoms with E-state index in [0.717, 1.165) is 23.4 Å². The van der Waals surface area contributed by atoms with E-state index in [1.54, 1.807) is 12.1 Å². The molecule has 0 amide bonds. The highest BCUT2D eigenvalue weighted by Gasteiger charge is 2.43. The summed E-state index contributed by atoms with van der Waals surface area (Å²) < 4.78 is 2.41. The van der Waals surface area contributed by atoms with Crippen LogP contribution in [0.25, 0.3) is 11.0 Å². The summed E-state index contributed by atoms with van der Waals surface area (Å²) in [6, 6.07) is 5.35. The maximum atomic E-state index is 11.6. The molecular formula is C16H20N2O2S. The molecule has 1 aliphatic carbocycles. The molecular weight excluding hydrogens is 284 g/mol. The summed E-state index contributed by atoms with van der Waals surface area (Å²) in [6.45, 7) is 5.07. The highest BCUT2D eigenvalue weighted by molar-refractivity contribution is 8.00. The van der Waals surface area contributed by atoms with E-state index in [2.05, 4.69) is 24.7 Å². The van der Waals surface area contributed by atoms with Gasteiger partial charge in [0, 0.05) is 17.2 Å². The molecule has 1 saturated carbocycles. The molecule has 1 aromatic heterocycles. The Hall–Kier alpha value is -1.49. The van der Waals surface area contributed by atoms with Crippen molar-refractivity contribution in [2.45, 2.75) is 43.9 Å². The first-order chi connectivity index (χ1) is 9.97. The van der Waals surface area contributed by atoms with Crippen LogP contribution in [0.4, 0.5) is 0 Å². The fourth-order valence-electron chi connectivity index (χ4n) is 2.83. The van der Waals surface area contributed by atoms with E-state index in [1.165, 1.54) is 12.8 Å². The lowest BCUT2D eigenvalue weighted by molar-refractivity contribution is 0.0698. The summed E-state index contributed by atoms with van der Waals surface area (Å²) in [5.74, 6) is 0.377. The number of aromatic nitrogens is 2. The summed E-state index contributed by atoms with van der Waals surface area (Å²) in [7, 11) is 0. The van der Waals surface area contributed by atoms with Gasteiger partial charge in [0.15, 0.2) is 0 Å². The van der Waals surface area contributed by atoms with Crippen LogP contribution in [0, 0.1) is 0 Å². The summed E-state index contributed by atoms with van der Waals surface area (Å²) in [6.07, 6.45) is 4.53. The van der Waals surface area contributed by atoms with Gasteiger partial charge >= 0.3 is 5.97 Å². The van der Waals surface area contributed by atoms with Crippen LogP contribution in [0.15, 0.2) is 18.2 Å². The number of benzene rings is 1. The van der Waals surface area contributed by atoms with Crippen molar-refractivity contribution in [1.82, 2.24) is 9.55 Å². The number of fused-ring (bicyclic) bond motifs is 1. The average molecular weight is 304 g/mol. The van der Waals surface area contributed by atoms with Gasteiger partial charge in [-0.1, -0.05) is 19.9 Å². The molecule has 112 valence electrons. The van der Waals surface area contributed by atoms with Crippen molar-refractivity contribution in [3.63, 3.8) is 0 Å². The van der Waals surface area contributed by atoms with Crippen LogP contribution in [0.3, 0.4) is 0 Å². The van der Waals surface area contributed by atoms with Crippen molar-refractivity contribution in [2.75, 3.05) is 6.26 Å². The number of hydrogen-bond donors (Lipinski definition) is 1. The first kappa shape index (κ1) is 14.4. The average Bonchev–Trinajstić information content (AvgIpc) is 3.13. The number of nitrogens with zero attached hydrogens (tertiary/aromatic N) is 2. The maximum absolute atomic E-state index is 11.6. The van der Waals surface area contributed by atoms with Crippen LogP contribution >= 0.6 is 11.8 Å². The predicted molar refractivity (Wildman–Crippen MR) is 86.3 cm³/mol. The SMILES string of the molecule is CSC1(Cn2c(C(C)C)nc3cccc(C(=O)O)c32)CC1. The van der Waals surface area contributed by atoms with Crippen LogP contribution in [0.1, 0.15) is 48.8 Å². The number of hydrogen-bond acceptors (Lipinski definition) is 3. The highest BCUT2D eigenvalue weighted by Crippen LogP contribution is 2.49. The van der Waals surface area contributed by atoms with Gasteiger partial charge in [-0.05, 0) is 31.2 Å². The first-order valence-corrected chi connectivity index (χ1v) is 8.47. The molecule has 5 heteroatoms. The minimum absolute atomic E-state index is 0.267. The van der Waals surface area contributed by atoms with Gasteiger partial charge in [0.25, 0.3) is 0 Å². The van der Waals surface area contributed by atoms with E-state index in [0.29, 0.717) is 5.56 Å². The Labute approximate surface area is 128 Å². The summed E-state index contributed by atoms with van der Waals surface area (Å²) in [4.78, 5) is 16.2. The second-order valence-corrected chi connectivity index (χ2v) is 7.35. The minimum atomic E-state index is -0.883. The standard InChI is InChI=1S/C16H20N2O2S/c1-10(2)14-17-12-6-4-5-11(15(19)20)13(12)18(14)9-16(21-3)7-8-16/h4-6,10H,7-9H2,1-3H3,(H,19,20). The number of aromatic carboxylic acids is 1. The Bertz CT molecular complexity index is 702. The second kappa shape index (κ2) is 5.05. The highest BCUT2D eigenvalue weighted by atomic mass is 32.2. The van der Waals surface area contributed by atoms with E-state index in [-0.39, 0.29) is 10.7 Å². The molecule has 0 atom stereocenters. The molecule has 21 heavy (non-hydrogen) atoms. The topological polar surface area (TPSA) is 55.1 Å². The zero-order valence-electron chi connectivity index (χ0n) is 12.6. The van der Waals surface area contributed by atoms with Crippen LogP contribution in [0.2, 0.25) is 0 Å². The van der Waals surface area contributed by atoms with E-state index in [4.69, 9.17) is 4.98 Å². The van der Waals surface area contributed by atoms with Gasteiger partial charge in [-0.3, -0.25) is 0 Å². The molecule has 3 rings (SSSR count). The number of carbonyl (C=O) groups is 1. The molecule has 2 aromatic rings. The fourth-order valence-corrected chi connectivity index (χ4v) is 3.60. The maximum Gasteiger partial charge on any atom is 0.337 e. The molecule has 1 N–H and O–H groups in total. The number of carboxylic acids is 1. The molecule has 0 radical (unpaired) electrons. The van der Waals surface area contributed by atoms with Crippen molar-refractivity contribution in [2.24, 2.45) is 0 Å². The monoisotopic (exact) mass is 304 g/mol. The third-order valence-corrected chi connectivity index (χ3v) is 5.63. The Morgan fingerprint density at radius 2 is 2.19 bits per heavy atom. The molecule has 0 unspecified atom stereocenters. The molecule has 0 bridgehead atoms. The van der Waals surface area contributed by atoms with Gasteiger partial charge < -0.3 is 9.67 Å². The van der Waals surface area contributed by atoms with Crippen molar-refractivity contribution in [3.8, 4) is 0 Å².